The van der Waals surface area contributed by atoms with Crippen molar-refractivity contribution in [3.05, 3.63) is 53.6 Å². The van der Waals surface area contributed by atoms with E-state index in [0.717, 1.165) is 23.1 Å². The topological polar surface area (TPSA) is 75.7 Å². The highest BCUT2D eigenvalue weighted by atomic mass is 32.2. The van der Waals surface area contributed by atoms with Crippen molar-refractivity contribution in [1.82, 2.24) is 0 Å². The van der Waals surface area contributed by atoms with Crippen LogP contribution >= 0.6 is 0 Å². The Labute approximate surface area is 161 Å². The molecule has 0 heterocycles. The van der Waals surface area contributed by atoms with Gasteiger partial charge in [-0.05, 0) is 61.7 Å². The summed E-state index contributed by atoms with van der Waals surface area (Å²) in [5.74, 6) is 0.284. The molecular formula is C20H26N2O4S. The van der Waals surface area contributed by atoms with Gasteiger partial charge < -0.3 is 10.1 Å². The maximum atomic E-state index is 12.6. The first-order chi connectivity index (χ1) is 12.6. The van der Waals surface area contributed by atoms with Crippen LogP contribution < -0.4 is 14.4 Å². The van der Waals surface area contributed by atoms with Crippen molar-refractivity contribution in [2.75, 3.05) is 22.9 Å². The molecule has 1 N–H and O–H groups in total. The summed E-state index contributed by atoms with van der Waals surface area (Å²) in [5.41, 5.74) is 3.42. The van der Waals surface area contributed by atoms with Gasteiger partial charge in [-0.15, -0.1) is 0 Å². The summed E-state index contributed by atoms with van der Waals surface area (Å²) in [6, 6.07) is 12.4. The summed E-state index contributed by atoms with van der Waals surface area (Å²) >= 11 is 0. The molecule has 0 radical (unpaired) electrons. The number of benzene rings is 2. The number of hydrogen-bond acceptors (Lipinski definition) is 4. The van der Waals surface area contributed by atoms with Crippen molar-refractivity contribution < 1.29 is 17.9 Å². The van der Waals surface area contributed by atoms with Crippen LogP contribution in [0.25, 0.3) is 0 Å². The lowest BCUT2D eigenvalue weighted by molar-refractivity contribution is -0.122. The molecule has 1 atom stereocenters. The molecule has 0 aliphatic carbocycles. The van der Waals surface area contributed by atoms with Crippen molar-refractivity contribution in [3.63, 3.8) is 0 Å². The Morgan fingerprint density at radius 1 is 1.15 bits per heavy atom. The van der Waals surface area contributed by atoms with Gasteiger partial charge in [-0.25, -0.2) is 8.42 Å². The van der Waals surface area contributed by atoms with E-state index in [1.807, 2.05) is 39.0 Å². The van der Waals surface area contributed by atoms with Crippen LogP contribution in [0.3, 0.4) is 0 Å². The first-order valence-electron chi connectivity index (χ1n) is 8.71. The molecule has 1 amide bonds. The Morgan fingerprint density at radius 3 is 2.33 bits per heavy atom. The monoisotopic (exact) mass is 390 g/mol. The van der Waals surface area contributed by atoms with Crippen molar-refractivity contribution in [2.24, 2.45) is 0 Å². The van der Waals surface area contributed by atoms with Gasteiger partial charge in [-0.1, -0.05) is 19.1 Å². The molecule has 2 aromatic carbocycles. The number of hydrogen-bond donors (Lipinski definition) is 1. The zero-order valence-corrected chi connectivity index (χ0v) is 17.1. The summed E-state index contributed by atoms with van der Waals surface area (Å²) in [4.78, 5) is 12.6. The molecular weight excluding hydrogens is 364 g/mol. The molecule has 146 valence electrons. The Kier molecular flexibility index (Phi) is 6.49. The number of nitrogens with one attached hydrogen (secondary N) is 1. The quantitative estimate of drug-likeness (QED) is 0.785. The van der Waals surface area contributed by atoms with E-state index in [4.69, 9.17) is 4.74 Å². The first kappa shape index (κ1) is 20.8. The van der Waals surface area contributed by atoms with E-state index in [1.165, 1.54) is 11.4 Å². The fraction of sp³-hybridized carbons (Fsp3) is 0.350. The summed E-state index contributed by atoms with van der Waals surface area (Å²) < 4.78 is 30.2. The van der Waals surface area contributed by atoms with Crippen LogP contribution in [0, 0.1) is 13.8 Å². The van der Waals surface area contributed by atoms with Crippen LogP contribution in [0.1, 0.15) is 24.5 Å². The number of carbonyl (C=O) groups excluding carboxylic acids is 1. The second-order valence-corrected chi connectivity index (χ2v) is 8.49. The summed E-state index contributed by atoms with van der Waals surface area (Å²) in [6.45, 7) is 5.83. The highest BCUT2D eigenvalue weighted by molar-refractivity contribution is 7.92. The molecule has 0 saturated heterocycles. The lowest BCUT2D eigenvalue weighted by atomic mass is 10.1. The third-order valence-electron chi connectivity index (χ3n) is 4.50. The normalized spacial score (nSPS) is 12.3. The van der Waals surface area contributed by atoms with Crippen molar-refractivity contribution >= 4 is 27.3 Å². The average molecular weight is 391 g/mol. The van der Waals surface area contributed by atoms with E-state index in [-0.39, 0.29) is 5.91 Å². The number of sulfonamides is 1. The molecule has 27 heavy (non-hydrogen) atoms. The maximum Gasteiger partial charge on any atom is 0.265 e. The predicted molar refractivity (Wildman–Crippen MR) is 109 cm³/mol. The third kappa shape index (κ3) is 5.23. The van der Waals surface area contributed by atoms with Crippen LogP contribution in [0.15, 0.2) is 42.5 Å². The zero-order valence-electron chi connectivity index (χ0n) is 16.3. The van der Waals surface area contributed by atoms with Crippen LogP contribution in [-0.2, 0) is 14.8 Å². The van der Waals surface area contributed by atoms with E-state index in [1.54, 1.807) is 24.3 Å². The smallest absolute Gasteiger partial charge is 0.265 e. The van der Waals surface area contributed by atoms with Crippen molar-refractivity contribution in [3.8, 4) is 5.75 Å². The third-order valence-corrected chi connectivity index (χ3v) is 5.71. The van der Waals surface area contributed by atoms with Crippen LogP contribution in [0.2, 0.25) is 0 Å². The molecule has 0 saturated carbocycles. The van der Waals surface area contributed by atoms with Gasteiger partial charge in [0.15, 0.2) is 6.10 Å². The predicted octanol–water partition coefficient (Wildman–Crippen LogP) is 3.50. The molecule has 0 aliphatic heterocycles. The Morgan fingerprint density at radius 2 is 1.78 bits per heavy atom. The fourth-order valence-corrected chi connectivity index (χ4v) is 3.02. The minimum Gasteiger partial charge on any atom is -0.481 e. The minimum atomic E-state index is -3.32. The summed E-state index contributed by atoms with van der Waals surface area (Å²) in [5, 5.41) is 2.92. The molecule has 0 aromatic heterocycles. The highest BCUT2D eigenvalue weighted by Crippen LogP contribution is 2.23. The number of carbonyl (C=O) groups is 1. The highest BCUT2D eigenvalue weighted by Gasteiger charge is 2.20. The largest absolute Gasteiger partial charge is 0.481 e. The lowest BCUT2D eigenvalue weighted by Gasteiger charge is -2.20. The molecule has 2 rings (SSSR count). The van der Waals surface area contributed by atoms with Crippen LogP contribution in [-0.4, -0.2) is 33.7 Å². The minimum absolute atomic E-state index is 0.219. The van der Waals surface area contributed by atoms with Crippen LogP contribution in [0.4, 0.5) is 11.4 Å². The van der Waals surface area contributed by atoms with E-state index in [9.17, 15) is 13.2 Å². The molecule has 2 aromatic rings. The van der Waals surface area contributed by atoms with Gasteiger partial charge in [0.25, 0.3) is 5.91 Å². The van der Waals surface area contributed by atoms with E-state index < -0.39 is 16.1 Å². The van der Waals surface area contributed by atoms with Crippen LogP contribution in [0.5, 0.6) is 5.75 Å². The molecule has 6 nitrogen and oxygen atoms in total. The maximum absolute atomic E-state index is 12.6. The van der Waals surface area contributed by atoms with Gasteiger partial charge in [-0.2, -0.15) is 0 Å². The Balaban J connectivity index is 2.10. The number of amides is 1. The van der Waals surface area contributed by atoms with E-state index in [2.05, 4.69) is 5.32 Å². The number of nitrogens with zero attached hydrogens (tertiary/aromatic N) is 1. The molecule has 0 unspecified atom stereocenters. The Bertz CT molecular complexity index is 908. The molecule has 0 bridgehead atoms. The number of anilines is 2. The zero-order chi connectivity index (χ0) is 20.2. The number of aryl methyl sites for hydroxylation is 1. The fourth-order valence-electron chi connectivity index (χ4n) is 2.51. The average Bonchev–Trinajstić information content (AvgIpc) is 2.62. The second kappa shape index (κ2) is 8.43. The van der Waals surface area contributed by atoms with Crippen molar-refractivity contribution in [1.29, 1.82) is 0 Å². The van der Waals surface area contributed by atoms with E-state index in [0.29, 0.717) is 17.9 Å². The Hall–Kier alpha value is -2.54. The standard InChI is InChI=1S/C20H26N2O4S/c1-6-19(20(23)21-18-9-7-8-14(2)15(18)3)26-17-12-10-16(11-13-17)22(4)27(5,24)25/h7-13,19H,6H2,1-5H3,(H,21,23)/t19-/m1/s1. The second-order valence-electron chi connectivity index (χ2n) is 6.48. The van der Waals surface area contributed by atoms with Gasteiger partial charge >= 0.3 is 0 Å². The first-order valence-corrected chi connectivity index (χ1v) is 10.6. The summed E-state index contributed by atoms with van der Waals surface area (Å²) in [7, 11) is -1.84. The molecule has 7 heteroatoms. The van der Waals surface area contributed by atoms with Gasteiger partial charge in [-0.3, -0.25) is 9.10 Å². The molecule has 0 fully saturated rings. The van der Waals surface area contributed by atoms with Gasteiger partial charge in [0.2, 0.25) is 10.0 Å². The molecule has 0 spiro atoms. The number of ether oxygens (including phenoxy) is 1. The lowest BCUT2D eigenvalue weighted by Crippen LogP contribution is -2.32. The number of rotatable bonds is 7. The van der Waals surface area contributed by atoms with Crippen molar-refractivity contribution in [2.45, 2.75) is 33.3 Å². The van der Waals surface area contributed by atoms with E-state index >= 15 is 0 Å². The summed E-state index contributed by atoms with van der Waals surface area (Å²) in [6.07, 6.45) is 0.993. The van der Waals surface area contributed by atoms with Gasteiger partial charge in [0.1, 0.15) is 5.75 Å². The van der Waals surface area contributed by atoms with Gasteiger partial charge in [0.05, 0.1) is 11.9 Å². The van der Waals surface area contributed by atoms with Gasteiger partial charge in [0, 0.05) is 12.7 Å². The molecule has 0 aliphatic rings. The SMILES string of the molecule is CC[C@@H](Oc1ccc(N(C)S(C)(=O)=O)cc1)C(=O)Nc1cccc(C)c1C.